The summed E-state index contributed by atoms with van der Waals surface area (Å²) < 4.78 is 44.7. The summed E-state index contributed by atoms with van der Waals surface area (Å²) in [6.45, 7) is 1.68. The van der Waals surface area contributed by atoms with E-state index in [1.807, 2.05) is 0 Å². The average Bonchev–Trinajstić information content (AvgIpc) is 2.35. The lowest BCUT2D eigenvalue weighted by atomic mass is 10.1. The zero-order valence-electron chi connectivity index (χ0n) is 9.79. The van der Waals surface area contributed by atoms with Gasteiger partial charge in [-0.25, -0.2) is 9.25 Å². The molecule has 0 spiro atoms. The van der Waals surface area contributed by atoms with Crippen LogP contribution >= 0.6 is 16.1 Å². The largest absolute Gasteiger partial charge is 0.461 e. The van der Waals surface area contributed by atoms with E-state index in [1.165, 1.54) is 12.1 Å². The third-order valence-corrected chi connectivity index (χ3v) is 2.26. The van der Waals surface area contributed by atoms with Gasteiger partial charge in [-0.2, -0.15) is 18.3 Å². The van der Waals surface area contributed by atoms with Gasteiger partial charge in [0.05, 0.1) is 28.3 Å². The van der Waals surface area contributed by atoms with Crippen LogP contribution in [0.2, 0.25) is 0 Å². The molecule has 1 aromatic carbocycles. The van der Waals surface area contributed by atoms with Crippen molar-refractivity contribution in [2.45, 2.75) is 13.1 Å². The Hall–Kier alpha value is -1.57. The highest BCUT2D eigenvalue weighted by atomic mass is 79.9. The monoisotopic (exact) mass is 338 g/mol. The Balaban J connectivity index is 3.18. The van der Waals surface area contributed by atoms with Crippen molar-refractivity contribution < 1.29 is 22.7 Å². The zero-order valence-corrected chi connectivity index (χ0v) is 11.4. The van der Waals surface area contributed by atoms with Crippen molar-refractivity contribution in [3.8, 4) is 0 Å². The molecule has 1 rings (SSSR count). The molecule has 104 valence electrons. The van der Waals surface area contributed by atoms with Crippen molar-refractivity contribution >= 4 is 27.8 Å². The maximum atomic E-state index is 12.6. The van der Waals surface area contributed by atoms with Crippen molar-refractivity contribution in [1.29, 1.82) is 0 Å². The van der Waals surface area contributed by atoms with Crippen LogP contribution in [0.1, 0.15) is 18.1 Å². The SMILES string of the molecule is CCOC(=O)C(=NNBr)c1cccc(C(F)(F)F)c1. The van der Waals surface area contributed by atoms with Crippen LogP contribution in [0.4, 0.5) is 13.2 Å². The lowest BCUT2D eigenvalue weighted by Gasteiger charge is -2.09. The van der Waals surface area contributed by atoms with Crippen LogP contribution < -0.4 is 4.45 Å². The molecule has 0 saturated carbocycles. The molecule has 19 heavy (non-hydrogen) atoms. The van der Waals surface area contributed by atoms with Gasteiger partial charge in [-0.15, -0.1) is 0 Å². The number of hydrogen-bond acceptors (Lipinski definition) is 4. The molecule has 0 aliphatic heterocycles. The van der Waals surface area contributed by atoms with Gasteiger partial charge in [-0.1, -0.05) is 12.1 Å². The number of hydrogen-bond donors (Lipinski definition) is 1. The highest BCUT2D eigenvalue weighted by Gasteiger charge is 2.31. The third kappa shape index (κ3) is 4.23. The van der Waals surface area contributed by atoms with Gasteiger partial charge in [0, 0.05) is 5.56 Å². The molecule has 0 heterocycles. The summed E-state index contributed by atoms with van der Waals surface area (Å²) in [6, 6.07) is 4.28. The maximum Gasteiger partial charge on any atom is 0.416 e. The van der Waals surface area contributed by atoms with E-state index in [9.17, 15) is 18.0 Å². The number of hydrazone groups is 1. The summed E-state index contributed by atoms with van der Waals surface area (Å²) in [5.41, 5.74) is -1.10. The van der Waals surface area contributed by atoms with Crippen LogP contribution in [0.3, 0.4) is 0 Å². The second-order valence-electron chi connectivity index (χ2n) is 3.34. The lowest BCUT2D eigenvalue weighted by molar-refractivity contribution is -0.138. The van der Waals surface area contributed by atoms with Gasteiger partial charge in [0.25, 0.3) is 0 Å². The number of benzene rings is 1. The Bertz CT molecular complexity index is 489. The maximum absolute atomic E-state index is 12.6. The van der Waals surface area contributed by atoms with Crippen LogP contribution in [-0.2, 0) is 15.7 Å². The smallest absolute Gasteiger partial charge is 0.416 e. The fourth-order valence-electron chi connectivity index (χ4n) is 1.31. The Morgan fingerprint density at radius 2 is 2.16 bits per heavy atom. The number of nitrogens with zero attached hydrogens (tertiary/aromatic N) is 1. The van der Waals surface area contributed by atoms with Crippen LogP contribution in [0.25, 0.3) is 0 Å². The van der Waals surface area contributed by atoms with Gasteiger partial charge in [0.1, 0.15) is 0 Å². The number of carbonyl (C=O) groups is 1. The van der Waals surface area contributed by atoms with E-state index in [0.29, 0.717) is 0 Å². The second kappa shape index (κ2) is 6.55. The average molecular weight is 339 g/mol. The molecular weight excluding hydrogens is 329 g/mol. The van der Waals surface area contributed by atoms with Gasteiger partial charge in [-0.05, 0) is 19.1 Å². The number of halogens is 4. The van der Waals surface area contributed by atoms with E-state index in [1.54, 1.807) is 6.92 Å². The topological polar surface area (TPSA) is 50.7 Å². The highest BCUT2D eigenvalue weighted by Crippen LogP contribution is 2.29. The van der Waals surface area contributed by atoms with E-state index in [2.05, 4.69) is 25.7 Å². The molecule has 0 aliphatic carbocycles. The van der Waals surface area contributed by atoms with Gasteiger partial charge >= 0.3 is 12.1 Å². The minimum Gasteiger partial charge on any atom is -0.461 e. The molecule has 8 heteroatoms. The first-order valence-corrected chi connectivity index (χ1v) is 5.97. The molecular formula is C11H10BrF3N2O2. The zero-order chi connectivity index (χ0) is 14.5. The standard InChI is InChI=1S/C11H10BrF3N2O2/c1-2-19-10(18)9(16-17-12)7-4-3-5-8(6-7)11(13,14)15/h3-6,17H,2H2,1H3. The molecule has 0 radical (unpaired) electrons. The van der Waals surface area contributed by atoms with Crippen molar-refractivity contribution in [2.24, 2.45) is 5.10 Å². The summed E-state index contributed by atoms with van der Waals surface area (Å²) in [5.74, 6) is -0.811. The molecule has 4 nitrogen and oxygen atoms in total. The first-order chi connectivity index (χ1) is 8.90. The van der Waals surface area contributed by atoms with Crippen LogP contribution in [0.5, 0.6) is 0 Å². The number of rotatable bonds is 4. The van der Waals surface area contributed by atoms with Crippen LogP contribution in [-0.4, -0.2) is 18.3 Å². The number of nitrogens with one attached hydrogen (secondary N) is 1. The fourth-order valence-corrected chi connectivity index (χ4v) is 1.49. The van der Waals surface area contributed by atoms with Gasteiger partial charge < -0.3 is 4.74 Å². The molecule has 0 unspecified atom stereocenters. The van der Waals surface area contributed by atoms with E-state index in [-0.39, 0.29) is 17.9 Å². The summed E-state index contributed by atoms with van der Waals surface area (Å²) in [5, 5.41) is 3.58. The summed E-state index contributed by atoms with van der Waals surface area (Å²) in [6.07, 6.45) is -4.49. The first kappa shape index (κ1) is 15.5. The van der Waals surface area contributed by atoms with Crippen molar-refractivity contribution in [3.63, 3.8) is 0 Å². The van der Waals surface area contributed by atoms with Gasteiger partial charge in [0.15, 0.2) is 5.71 Å². The third-order valence-electron chi connectivity index (χ3n) is 2.09. The molecule has 1 aromatic rings. The predicted molar refractivity (Wildman–Crippen MR) is 66.7 cm³/mol. The minimum absolute atomic E-state index is 0.0141. The Kier molecular flexibility index (Phi) is 5.34. The molecule has 0 fully saturated rings. The van der Waals surface area contributed by atoms with Gasteiger partial charge in [-0.3, -0.25) is 0 Å². The molecule has 0 aliphatic rings. The predicted octanol–water partition coefficient (Wildman–Crippen LogP) is 2.87. The van der Waals surface area contributed by atoms with E-state index >= 15 is 0 Å². The quantitative estimate of drug-likeness (QED) is 0.397. The Morgan fingerprint density at radius 1 is 1.47 bits per heavy atom. The normalized spacial score (nSPS) is 12.2. The summed E-state index contributed by atoms with van der Waals surface area (Å²) in [7, 11) is 0. The fraction of sp³-hybridized carbons (Fsp3) is 0.273. The number of alkyl halides is 3. The lowest BCUT2D eigenvalue weighted by Crippen LogP contribution is -2.21. The first-order valence-electron chi connectivity index (χ1n) is 5.18. The Labute approximate surface area is 116 Å². The van der Waals surface area contributed by atoms with E-state index < -0.39 is 17.7 Å². The molecule has 0 saturated heterocycles. The minimum atomic E-state index is -4.49. The van der Waals surface area contributed by atoms with Crippen LogP contribution in [0, 0.1) is 0 Å². The van der Waals surface area contributed by atoms with Gasteiger partial charge in [0.2, 0.25) is 0 Å². The van der Waals surface area contributed by atoms with Crippen molar-refractivity contribution in [1.82, 2.24) is 4.45 Å². The summed E-state index contributed by atoms with van der Waals surface area (Å²) in [4.78, 5) is 11.6. The second-order valence-corrected chi connectivity index (χ2v) is 3.70. The molecule has 0 amide bonds. The number of esters is 1. The highest BCUT2D eigenvalue weighted by molar-refractivity contribution is 9.08. The molecule has 1 N–H and O–H groups in total. The van der Waals surface area contributed by atoms with Crippen molar-refractivity contribution in [3.05, 3.63) is 35.4 Å². The Morgan fingerprint density at radius 3 is 2.68 bits per heavy atom. The van der Waals surface area contributed by atoms with Crippen LogP contribution in [0.15, 0.2) is 29.4 Å². The van der Waals surface area contributed by atoms with E-state index in [4.69, 9.17) is 4.74 Å². The molecule has 0 aromatic heterocycles. The number of carbonyl (C=O) groups excluding carboxylic acids is 1. The number of ether oxygens (including phenoxy) is 1. The molecule has 0 atom stereocenters. The molecule has 0 bridgehead atoms. The van der Waals surface area contributed by atoms with Crippen molar-refractivity contribution in [2.75, 3.05) is 6.61 Å². The summed E-state index contributed by atoms with van der Waals surface area (Å²) >= 11 is 2.76. The van der Waals surface area contributed by atoms with E-state index in [0.717, 1.165) is 12.1 Å².